The predicted molar refractivity (Wildman–Crippen MR) is 85.7 cm³/mol. The van der Waals surface area contributed by atoms with Crippen LogP contribution in [0.5, 0.6) is 0 Å². The molecule has 1 aliphatic rings. The molecule has 1 heterocycles. The molecule has 2 rings (SSSR count). The lowest BCUT2D eigenvalue weighted by Crippen LogP contribution is -2.45. The van der Waals surface area contributed by atoms with Crippen LogP contribution in [0.2, 0.25) is 0 Å². The van der Waals surface area contributed by atoms with Crippen molar-refractivity contribution in [1.82, 2.24) is 4.90 Å². The third kappa shape index (κ3) is 3.28. The van der Waals surface area contributed by atoms with Crippen LogP contribution in [0.1, 0.15) is 18.4 Å². The lowest BCUT2D eigenvalue weighted by molar-refractivity contribution is 0.258. The Morgan fingerprint density at radius 1 is 1.39 bits per heavy atom. The number of piperidine rings is 1. The lowest BCUT2D eigenvalue weighted by atomic mass is 10.0. The first kappa shape index (κ1) is 14.4. The molecule has 0 N–H and O–H groups in total. The summed E-state index contributed by atoms with van der Waals surface area (Å²) in [7, 11) is 4.36. The van der Waals surface area contributed by atoms with E-state index in [4.69, 9.17) is 0 Å². The highest BCUT2D eigenvalue weighted by Gasteiger charge is 2.22. The normalized spacial score (nSPS) is 20.5. The standard InChI is InChI=1S/C14H20Br2N2/c1-17(2)13-4-3-7-18(10-13)14-6-5-12(16)8-11(14)9-15/h5-6,8,13H,3-4,7,9-10H2,1-2H3. The van der Waals surface area contributed by atoms with E-state index in [2.05, 4.69) is 74.0 Å². The van der Waals surface area contributed by atoms with Crippen molar-refractivity contribution in [2.24, 2.45) is 0 Å². The molecule has 4 heteroatoms. The van der Waals surface area contributed by atoms with Gasteiger partial charge in [-0.1, -0.05) is 31.9 Å². The summed E-state index contributed by atoms with van der Waals surface area (Å²) in [5.74, 6) is 0. The summed E-state index contributed by atoms with van der Waals surface area (Å²) >= 11 is 7.14. The largest absolute Gasteiger partial charge is 0.370 e. The molecule has 18 heavy (non-hydrogen) atoms. The van der Waals surface area contributed by atoms with Gasteiger partial charge < -0.3 is 9.80 Å². The smallest absolute Gasteiger partial charge is 0.0408 e. The fourth-order valence-electron chi connectivity index (χ4n) is 2.56. The Balaban J connectivity index is 2.20. The molecule has 1 atom stereocenters. The van der Waals surface area contributed by atoms with Gasteiger partial charge in [0.15, 0.2) is 0 Å². The van der Waals surface area contributed by atoms with Crippen molar-refractivity contribution in [2.75, 3.05) is 32.1 Å². The van der Waals surface area contributed by atoms with Gasteiger partial charge >= 0.3 is 0 Å². The monoisotopic (exact) mass is 374 g/mol. The van der Waals surface area contributed by atoms with Crippen LogP contribution in [0.25, 0.3) is 0 Å². The van der Waals surface area contributed by atoms with Gasteiger partial charge in [-0.2, -0.15) is 0 Å². The number of halogens is 2. The number of nitrogens with zero attached hydrogens (tertiary/aromatic N) is 2. The van der Waals surface area contributed by atoms with Gasteiger partial charge in [-0.3, -0.25) is 0 Å². The molecule has 0 bridgehead atoms. The Bertz CT molecular complexity index is 407. The minimum atomic E-state index is 0.672. The Labute approximate surface area is 127 Å². The molecule has 1 aromatic carbocycles. The van der Waals surface area contributed by atoms with Crippen LogP contribution in [0.4, 0.5) is 5.69 Å². The molecule has 0 amide bonds. The van der Waals surface area contributed by atoms with Crippen molar-refractivity contribution < 1.29 is 0 Å². The van der Waals surface area contributed by atoms with E-state index >= 15 is 0 Å². The van der Waals surface area contributed by atoms with E-state index in [0.29, 0.717) is 6.04 Å². The molecule has 100 valence electrons. The number of rotatable bonds is 3. The van der Waals surface area contributed by atoms with Crippen molar-refractivity contribution in [3.63, 3.8) is 0 Å². The van der Waals surface area contributed by atoms with Gasteiger partial charge in [0.2, 0.25) is 0 Å². The van der Waals surface area contributed by atoms with Crippen molar-refractivity contribution in [3.05, 3.63) is 28.2 Å². The average molecular weight is 376 g/mol. The third-order valence-electron chi connectivity index (χ3n) is 3.65. The number of hydrogen-bond donors (Lipinski definition) is 0. The molecule has 1 saturated heterocycles. The van der Waals surface area contributed by atoms with E-state index in [1.54, 1.807) is 0 Å². The molecular weight excluding hydrogens is 356 g/mol. The number of benzene rings is 1. The topological polar surface area (TPSA) is 6.48 Å². The molecule has 1 aromatic rings. The van der Waals surface area contributed by atoms with Gasteiger partial charge in [0.05, 0.1) is 0 Å². The summed E-state index contributed by atoms with van der Waals surface area (Å²) in [5, 5.41) is 0.908. The third-order valence-corrected chi connectivity index (χ3v) is 4.75. The van der Waals surface area contributed by atoms with E-state index in [1.165, 1.54) is 30.6 Å². The summed E-state index contributed by atoms with van der Waals surface area (Å²) in [6.45, 7) is 2.31. The van der Waals surface area contributed by atoms with E-state index < -0.39 is 0 Å². The van der Waals surface area contributed by atoms with Gasteiger partial charge in [0.25, 0.3) is 0 Å². The molecule has 0 spiro atoms. The second-order valence-electron chi connectivity index (χ2n) is 5.11. The SMILES string of the molecule is CN(C)C1CCCN(c2ccc(Br)cc2CBr)C1. The van der Waals surface area contributed by atoms with Gasteiger partial charge in [0, 0.05) is 34.6 Å². The zero-order valence-corrected chi connectivity index (χ0v) is 14.2. The van der Waals surface area contributed by atoms with Crippen LogP contribution in [-0.4, -0.2) is 38.1 Å². The molecule has 0 aliphatic carbocycles. The van der Waals surface area contributed by atoms with Crippen LogP contribution in [0, 0.1) is 0 Å². The highest BCUT2D eigenvalue weighted by Crippen LogP contribution is 2.29. The van der Waals surface area contributed by atoms with Crippen molar-refractivity contribution in [3.8, 4) is 0 Å². The van der Waals surface area contributed by atoms with Crippen LogP contribution in [0.3, 0.4) is 0 Å². The highest BCUT2D eigenvalue weighted by molar-refractivity contribution is 9.10. The van der Waals surface area contributed by atoms with Gasteiger partial charge in [-0.25, -0.2) is 0 Å². The zero-order chi connectivity index (χ0) is 13.1. The second kappa shape index (κ2) is 6.40. The second-order valence-corrected chi connectivity index (χ2v) is 6.59. The number of hydrogen-bond acceptors (Lipinski definition) is 2. The van der Waals surface area contributed by atoms with Gasteiger partial charge in [-0.15, -0.1) is 0 Å². The summed E-state index contributed by atoms with van der Waals surface area (Å²) in [5.41, 5.74) is 2.74. The first-order valence-corrected chi connectivity index (χ1v) is 8.29. The lowest BCUT2D eigenvalue weighted by Gasteiger charge is -2.38. The fraction of sp³-hybridized carbons (Fsp3) is 0.571. The van der Waals surface area contributed by atoms with Crippen LogP contribution in [-0.2, 0) is 5.33 Å². The van der Waals surface area contributed by atoms with Crippen LogP contribution >= 0.6 is 31.9 Å². The van der Waals surface area contributed by atoms with Gasteiger partial charge in [0.1, 0.15) is 0 Å². The van der Waals surface area contributed by atoms with Crippen LogP contribution < -0.4 is 4.90 Å². The number of likely N-dealkylation sites (N-methyl/N-ethyl adjacent to an activating group) is 1. The minimum absolute atomic E-state index is 0.672. The average Bonchev–Trinajstić information content (AvgIpc) is 2.38. The minimum Gasteiger partial charge on any atom is -0.370 e. The van der Waals surface area contributed by atoms with Crippen molar-refractivity contribution in [1.29, 1.82) is 0 Å². The molecule has 0 radical (unpaired) electrons. The summed E-state index contributed by atoms with van der Waals surface area (Å²) in [6, 6.07) is 7.26. The summed E-state index contributed by atoms with van der Waals surface area (Å²) < 4.78 is 1.15. The molecule has 1 aliphatic heterocycles. The van der Waals surface area contributed by atoms with Crippen LogP contribution in [0.15, 0.2) is 22.7 Å². The first-order chi connectivity index (χ1) is 8.61. The Morgan fingerprint density at radius 3 is 2.83 bits per heavy atom. The maximum atomic E-state index is 3.60. The Hall–Kier alpha value is -0.0600. The molecule has 2 nitrogen and oxygen atoms in total. The predicted octanol–water partition coefficient (Wildman–Crippen LogP) is 3.87. The van der Waals surface area contributed by atoms with E-state index in [9.17, 15) is 0 Å². The maximum absolute atomic E-state index is 3.60. The van der Waals surface area contributed by atoms with Crippen molar-refractivity contribution >= 4 is 37.5 Å². The molecule has 0 aromatic heterocycles. The highest BCUT2D eigenvalue weighted by atomic mass is 79.9. The van der Waals surface area contributed by atoms with Crippen molar-refractivity contribution in [2.45, 2.75) is 24.2 Å². The first-order valence-electron chi connectivity index (χ1n) is 6.37. The van der Waals surface area contributed by atoms with E-state index in [-0.39, 0.29) is 0 Å². The molecular formula is C14H20Br2N2. The van der Waals surface area contributed by atoms with E-state index in [1.807, 2.05) is 0 Å². The molecule has 1 fully saturated rings. The van der Waals surface area contributed by atoms with E-state index in [0.717, 1.165) is 16.3 Å². The number of alkyl halides is 1. The Kier molecular flexibility index (Phi) is 5.10. The summed E-state index contributed by atoms with van der Waals surface area (Å²) in [6.07, 6.45) is 2.59. The zero-order valence-electron chi connectivity index (χ0n) is 11.0. The molecule has 1 unspecified atom stereocenters. The summed E-state index contributed by atoms with van der Waals surface area (Å²) in [4.78, 5) is 4.87. The maximum Gasteiger partial charge on any atom is 0.0408 e. The molecule has 0 saturated carbocycles. The van der Waals surface area contributed by atoms with Gasteiger partial charge in [-0.05, 0) is 50.7 Å². The Morgan fingerprint density at radius 2 is 2.17 bits per heavy atom. The number of anilines is 1. The quantitative estimate of drug-likeness (QED) is 0.739. The fourth-order valence-corrected chi connectivity index (χ4v) is 3.42.